The van der Waals surface area contributed by atoms with Crippen LogP contribution in [0.1, 0.15) is 23.6 Å². The molecule has 1 atom stereocenters. The maximum atomic E-state index is 4.73. The molecule has 25 heavy (non-hydrogen) atoms. The summed E-state index contributed by atoms with van der Waals surface area (Å²) in [5.41, 5.74) is 4.60. The van der Waals surface area contributed by atoms with E-state index in [0.29, 0.717) is 5.95 Å². The Kier molecular flexibility index (Phi) is 3.23. The fraction of sp³-hybridized carbons (Fsp3) is 0.150. The number of benzene rings is 2. The van der Waals surface area contributed by atoms with Crippen LogP contribution in [0.3, 0.4) is 0 Å². The summed E-state index contributed by atoms with van der Waals surface area (Å²) in [7, 11) is 0. The van der Waals surface area contributed by atoms with Crippen LogP contribution in [0.4, 0.5) is 11.6 Å². The normalized spacial score (nSPS) is 16.1. The van der Waals surface area contributed by atoms with E-state index in [1.807, 2.05) is 47.4 Å². The van der Waals surface area contributed by atoms with Crippen LogP contribution in [0.2, 0.25) is 0 Å². The Morgan fingerprint density at radius 2 is 1.80 bits per heavy atom. The van der Waals surface area contributed by atoms with Crippen LogP contribution in [0, 0.1) is 0 Å². The number of hydrogen-bond acceptors (Lipinski definition) is 4. The third-order valence-electron chi connectivity index (χ3n) is 4.76. The Morgan fingerprint density at radius 1 is 0.960 bits per heavy atom. The number of nitrogens with zero attached hydrogens (tertiary/aromatic N) is 4. The van der Waals surface area contributed by atoms with Crippen LogP contribution in [0.25, 0.3) is 11.0 Å². The van der Waals surface area contributed by atoms with Gasteiger partial charge in [-0.05, 0) is 36.1 Å². The van der Waals surface area contributed by atoms with Crippen molar-refractivity contribution in [3.8, 4) is 0 Å². The van der Waals surface area contributed by atoms with E-state index in [2.05, 4.69) is 39.7 Å². The first-order valence-corrected chi connectivity index (χ1v) is 8.48. The summed E-state index contributed by atoms with van der Waals surface area (Å²) in [5, 5.41) is 8.83. The summed E-state index contributed by atoms with van der Waals surface area (Å²) in [4.78, 5) is 9.14. The van der Waals surface area contributed by atoms with Gasteiger partial charge in [0.05, 0.1) is 17.6 Å². The molecule has 5 nitrogen and oxygen atoms in total. The van der Waals surface area contributed by atoms with Gasteiger partial charge in [-0.1, -0.05) is 42.5 Å². The van der Waals surface area contributed by atoms with Crippen molar-refractivity contribution in [2.75, 3.05) is 5.32 Å². The van der Waals surface area contributed by atoms with Crippen molar-refractivity contribution in [2.24, 2.45) is 0 Å². The first-order valence-electron chi connectivity index (χ1n) is 8.48. The van der Waals surface area contributed by atoms with E-state index in [1.54, 1.807) is 0 Å². The molecule has 2 aromatic carbocycles. The fourth-order valence-electron chi connectivity index (χ4n) is 3.56. The lowest BCUT2D eigenvalue weighted by Gasteiger charge is -2.13. The number of para-hydroxylation sites is 1. The van der Waals surface area contributed by atoms with E-state index in [0.717, 1.165) is 29.6 Å². The Balaban J connectivity index is 1.55. The standard InChI is InChI=1S/C20H17N5/c1-2-7-16(8-3-1)23-20-21-12-15-13-22-25(19(15)24-20)18-11-10-14-6-4-5-9-17(14)18/h1-9,12-13,18H,10-11H2,(H,21,23,24)/t18-/m0/s1. The highest BCUT2D eigenvalue weighted by Crippen LogP contribution is 2.35. The number of aromatic nitrogens is 4. The van der Waals surface area contributed by atoms with E-state index >= 15 is 0 Å². The second-order valence-corrected chi connectivity index (χ2v) is 6.31. The number of hydrogen-bond donors (Lipinski definition) is 1. The molecule has 0 radical (unpaired) electrons. The van der Waals surface area contributed by atoms with Crippen molar-refractivity contribution in [2.45, 2.75) is 18.9 Å². The largest absolute Gasteiger partial charge is 0.324 e. The highest BCUT2D eigenvalue weighted by atomic mass is 15.3. The highest BCUT2D eigenvalue weighted by Gasteiger charge is 2.25. The molecule has 0 fully saturated rings. The smallest absolute Gasteiger partial charge is 0.229 e. The minimum atomic E-state index is 0.244. The molecule has 4 aromatic rings. The fourth-order valence-corrected chi connectivity index (χ4v) is 3.56. The first kappa shape index (κ1) is 14.2. The van der Waals surface area contributed by atoms with Crippen molar-refractivity contribution in [1.29, 1.82) is 0 Å². The lowest BCUT2D eigenvalue weighted by molar-refractivity contribution is 0.533. The monoisotopic (exact) mass is 327 g/mol. The lowest BCUT2D eigenvalue weighted by Crippen LogP contribution is -2.10. The van der Waals surface area contributed by atoms with Crippen LogP contribution < -0.4 is 5.32 Å². The van der Waals surface area contributed by atoms with Crippen molar-refractivity contribution in [3.63, 3.8) is 0 Å². The molecule has 0 saturated carbocycles. The number of rotatable bonds is 3. The zero-order valence-corrected chi connectivity index (χ0v) is 13.6. The summed E-state index contributed by atoms with van der Waals surface area (Å²) in [5.74, 6) is 0.590. The van der Waals surface area contributed by atoms with E-state index in [-0.39, 0.29) is 6.04 Å². The number of aryl methyl sites for hydroxylation is 1. The van der Waals surface area contributed by atoms with Gasteiger partial charge in [-0.3, -0.25) is 0 Å². The second-order valence-electron chi connectivity index (χ2n) is 6.31. The van der Waals surface area contributed by atoms with Gasteiger partial charge in [-0.25, -0.2) is 9.67 Å². The molecular formula is C20H17N5. The van der Waals surface area contributed by atoms with Gasteiger partial charge in [0, 0.05) is 11.9 Å². The maximum absolute atomic E-state index is 4.73. The van der Waals surface area contributed by atoms with E-state index in [9.17, 15) is 0 Å². The minimum absolute atomic E-state index is 0.244. The Hall–Kier alpha value is -3.21. The topological polar surface area (TPSA) is 55.6 Å². The van der Waals surface area contributed by atoms with Crippen LogP contribution in [0.15, 0.2) is 67.0 Å². The predicted octanol–water partition coefficient (Wildman–Crippen LogP) is 4.11. The molecule has 0 aliphatic heterocycles. The molecule has 1 aliphatic carbocycles. The van der Waals surface area contributed by atoms with Crippen molar-refractivity contribution < 1.29 is 0 Å². The quantitative estimate of drug-likeness (QED) is 0.615. The second kappa shape index (κ2) is 5.70. The molecule has 0 saturated heterocycles. The lowest BCUT2D eigenvalue weighted by atomic mass is 10.1. The highest BCUT2D eigenvalue weighted by molar-refractivity contribution is 5.75. The summed E-state index contributed by atoms with van der Waals surface area (Å²) in [6.07, 6.45) is 5.82. The number of anilines is 2. The molecule has 0 spiro atoms. The summed E-state index contributed by atoms with van der Waals surface area (Å²) in [6, 6.07) is 18.8. The SMILES string of the molecule is c1ccc(Nc2ncc3cnn([C@H]4CCc5ccccc54)c3n2)cc1. The molecule has 5 heteroatoms. The van der Waals surface area contributed by atoms with Crippen molar-refractivity contribution in [1.82, 2.24) is 19.7 Å². The molecule has 0 bridgehead atoms. The maximum Gasteiger partial charge on any atom is 0.229 e. The molecule has 5 rings (SSSR count). The summed E-state index contributed by atoms with van der Waals surface area (Å²) < 4.78 is 2.04. The number of nitrogens with one attached hydrogen (secondary N) is 1. The Bertz CT molecular complexity index is 1040. The van der Waals surface area contributed by atoms with Gasteiger partial charge in [-0.15, -0.1) is 0 Å². The van der Waals surface area contributed by atoms with Crippen molar-refractivity contribution in [3.05, 3.63) is 78.1 Å². The van der Waals surface area contributed by atoms with E-state index in [4.69, 9.17) is 4.98 Å². The van der Waals surface area contributed by atoms with Crippen LogP contribution >= 0.6 is 0 Å². The molecule has 2 aromatic heterocycles. The number of fused-ring (bicyclic) bond motifs is 2. The van der Waals surface area contributed by atoms with Gasteiger partial charge >= 0.3 is 0 Å². The summed E-state index contributed by atoms with van der Waals surface area (Å²) in [6.45, 7) is 0. The van der Waals surface area contributed by atoms with Gasteiger partial charge < -0.3 is 5.32 Å². The van der Waals surface area contributed by atoms with Crippen molar-refractivity contribution >= 4 is 22.7 Å². The van der Waals surface area contributed by atoms with Crippen LogP contribution in [0.5, 0.6) is 0 Å². The van der Waals surface area contributed by atoms with E-state index in [1.165, 1.54) is 11.1 Å². The molecule has 0 amide bonds. The molecule has 1 N–H and O–H groups in total. The first-order chi connectivity index (χ1) is 12.4. The van der Waals surface area contributed by atoms with Crippen LogP contribution in [-0.4, -0.2) is 19.7 Å². The zero-order chi connectivity index (χ0) is 16.6. The zero-order valence-electron chi connectivity index (χ0n) is 13.6. The van der Waals surface area contributed by atoms with Gasteiger partial charge in [0.25, 0.3) is 0 Å². The Labute approximate surface area is 145 Å². The van der Waals surface area contributed by atoms with Gasteiger partial charge in [0.15, 0.2) is 5.65 Å². The predicted molar refractivity (Wildman–Crippen MR) is 97.9 cm³/mol. The molecule has 2 heterocycles. The average molecular weight is 327 g/mol. The third kappa shape index (κ3) is 2.45. The van der Waals surface area contributed by atoms with Gasteiger partial charge in [-0.2, -0.15) is 10.1 Å². The molecule has 1 aliphatic rings. The Morgan fingerprint density at radius 3 is 2.72 bits per heavy atom. The molecular weight excluding hydrogens is 310 g/mol. The molecule has 0 unspecified atom stereocenters. The average Bonchev–Trinajstić information content (AvgIpc) is 3.26. The third-order valence-corrected chi connectivity index (χ3v) is 4.76. The van der Waals surface area contributed by atoms with Gasteiger partial charge in [0.2, 0.25) is 5.95 Å². The van der Waals surface area contributed by atoms with Crippen LogP contribution in [-0.2, 0) is 6.42 Å². The minimum Gasteiger partial charge on any atom is -0.324 e. The van der Waals surface area contributed by atoms with E-state index < -0.39 is 0 Å². The summed E-state index contributed by atoms with van der Waals surface area (Å²) >= 11 is 0. The molecule has 122 valence electrons. The van der Waals surface area contributed by atoms with Gasteiger partial charge in [0.1, 0.15) is 0 Å².